The Morgan fingerprint density at radius 3 is 2.47 bits per heavy atom. The predicted molar refractivity (Wildman–Crippen MR) is 127 cm³/mol. The number of rotatable bonds is 6. The van der Waals surface area contributed by atoms with Crippen LogP contribution < -0.4 is 4.72 Å². The van der Waals surface area contributed by atoms with Gasteiger partial charge >= 0.3 is 0 Å². The van der Waals surface area contributed by atoms with Crippen molar-refractivity contribution in [1.29, 1.82) is 0 Å². The summed E-state index contributed by atoms with van der Waals surface area (Å²) < 4.78 is 34.1. The van der Waals surface area contributed by atoms with E-state index in [-0.39, 0.29) is 27.0 Å². The zero-order valence-corrected chi connectivity index (χ0v) is 19.5. The lowest BCUT2D eigenvalue weighted by Crippen LogP contribution is -2.14. The summed E-state index contributed by atoms with van der Waals surface area (Å²) in [5.41, 5.74) is 3.30. The van der Waals surface area contributed by atoms with Crippen LogP contribution in [0.4, 0.5) is 5.69 Å². The van der Waals surface area contributed by atoms with Gasteiger partial charge in [0.1, 0.15) is 11.3 Å². The summed E-state index contributed by atoms with van der Waals surface area (Å²) in [5.74, 6) is 0.326. The minimum atomic E-state index is -3.80. The Hall–Kier alpha value is -3.09. The fourth-order valence-corrected chi connectivity index (χ4v) is 5.35. The van der Waals surface area contributed by atoms with Gasteiger partial charge in [-0.1, -0.05) is 54.4 Å². The monoisotopic (exact) mass is 467 g/mol. The number of hydrogen-bond acceptors (Lipinski definition) is 4. The van der Waals surface area contributed by atoms with Gasteiger partial charge in [0.25, 0.3) is 10.0 Å². The highest BCUT2D eigenvalue weighted by Gasteiger charge is 2.23. The quantitative estimate of drug-likeness (QED) is 0.338. The Kier molecular flexibility index (Phi) is 5.84. The smallest absolute Gasteiger partial charge is 0.262 e. The van der Waals surface area contributed by atoms with Crippen LogP contribution in [-0.2, 0) is 16.4 Å². The van der Waals surface area contributed by atoms with Crippen molar-refractivity contribution in [3.8, 4) is 0 Å². The minimum Gasteiger partial charge on any atom is -0.460 e. The van der Waals surface area contributed by atoms with Gasteiger partial charge in [-0.15, -0.1) is 0 Å². The largest absolute Gasteiger partial charge is 0.460 e. The Bertz CT molecular complexity index is 1450. The molecule has 4 aromatic rings. The van der Waals surface area contributed by atoms with Gasteiger partial charge in [0.05, 0.1) is 21.2 Å². The number of sulfonamides is 1. The fraction of sp³-hybridized carbons (Fsp3) is 0.160. The molecule has 1 heterocycles. The Morgan fingerprint density at radius 1 is 1.03 bits per heavy atom. The molecule has 164 valence electrons. The molecule has 0 unspecified atom stereocenters. The standard InChI is InChI=1S/C25H22ClNO4S/c1-4-21-24(19-7-5-6-8-22(19)31-21)25(28)18-11-10-17(14-20(18)26)27-32(29,30)23-12-9-15(2)13-16(23)3/h5-14,27H,4H2,1-3H3. The molecule has 1 N–H and O–H groups in total. The molecule has 0 fully saturated rings. The van der Waals surface area contributed by atoms with Crippen LogP contribution in [0.2, 0.25) is 5.02 Å². The molecule has 0 bridgehead atoms. The first-order chi connectivity index (χ1) is 15.2. The Balaban J connectivity index is 1.68. The van der Waals surface area contributed by atoms with Crippen molar-refractivity contribution >= 4 is 44.1 Å². The maximum Gasteiger partial charge on any atom is 0.262 e. The van der Waals surface area contributed by atoms with E-state index in [4.69, 9.17) is 16.0 Å². The summed E-state index contributed by atoms with van der Waals surface area (Å²) >= 11 is 6.43. The lowest BCUT2D eigenvalue weighted by atomic mass is 9.99. The highest BCUT2D eigenvalue weighted by atomic mass is 35.5. The van der Waals surface area contributed by atoms with Crippen molar-refractivity contribution in [3.05, 3.63) is 93.7 Å². The van der Waals surface area contributed by atoms with Gasteiger partial charge in [-0.3, -0.25) is 9.52 Å². The maximum absolute atomic E-state index is 13.3. The van der Waals surface area contributed by atoms with Gasteiger partial charge in [-0.2, -0.15) is 0 Å². The first-order valence-electron chi connectivity index (χ1n) is 10.2. The summed E-state index contributed by atoms with van der Waals surface area (Å²) in [6.07, 6.45) is 0.557. The number of hydrogen-bond donors (Lipinski definition) is 1. The van der Waals surface area contributed by atoms with Crippen molar-refractivity contribution in [1.82, 2.24) is 0 Å². The average Bonchev–Trinajstić information content (AvgIpc) is 3.11. The number of anilines is 1. The van der Waals surface area contributed by atoms with E-state index in [9.17, 15) is 13.2 Å². The van der Waals surface area contributed by atoms with Gasteiger partial charge in [0.2, 0.25) is 0 Å². The van der Waals surface area contributed by atoms with Crippen molar-refractivity contribution < 1.29 is 17.6 Å². The molecule has 0 aliphatic heterocycles. The molecule has 0 aliphatic carbocycles. The Labute approximate surface area is 192 Å². The zero-order valence-electron chi connectivity index (χ0n) is 17.9. The minimum absolute atomic E-state index is 0.156. The van der Waals surface area contributed by atoms with E-state index in [0.717, 1.165) is 10.9 Å². The second kappa shape index (κ2) is 8.45. The molecular weight excluding hydrogens is 446 g/mol. The number of carbonyl (C=O) groups is 1. The summed E-state index contributed by atoms with van der Waals surface area (Å²) in [6, 6.07) is 17.0. The number of fused-ring (bicyclic) bond motifs is 1. The third-order valence-electron chi connectivity index (χ3n) is 5.30. The van der Waals surface area contributed by atoms with E-state index in [1.807, 2.05) is 44.2 Å². The topological polar surface area (TPSA) is 76.4 Å². The van der Waals surface area contributed by atoms with Crippen molar-refractivity contribution in [2.75, 3.05) is 4.72 Å². The number of aryl methyl sites for hydroxylation is 3. The fourth-order valence-electron chi connectivity index (χ4n) is 3.80. The van der Waals surface area contributed by atoms with Crippen LogP contribution in [0.5, 0.6) is 0 Å². The lowest BCUT2D eigenvalue weighted by Gasteiger charge is -2.12. The molecule has 3 aromatic carbocycles. The maximum atomic E-state index is 13.3. The van der Waals surface area contributed by atoms with Crippen LogP contribution in [0.1, 0.15) is 39.7 Å². The molecule has 7 heteroatoms. The third kappa shape index (κ3) is 4.04. The van der Waals surface area contributed by atoms with Crippen LogP contribution in [0.25, 0.3) is 11.0 Å². The van der Waals surface area contributed by atoms with Gasteiger partial charge in [-0.25, -0.2) is 8.42 Å². The SMILES string of the molecule is CCc1oc2ccccc2c1C(=O)c1ccc(NS(=O)(=O)c2ccc(C)cc2C)cc1Cl. The van der Waals surface area contributed by atoms with E-state index >= 15 is 0 Å². The molecule has 0 atom stereocenters. The molecule has 0 amide bonds. The summed E-state index contributed by atoms with van der Waals surface area (Å²) in [7, 11) is -3.80. The van der Waals surface area contributed by atoms with E-state index < -0.39 is 10.0 Å². The number of ketones is 1. The van der Waals surface area contributed by atoms with Crippen LogP contribution in [0.3, 0.4) is 0 Å². The first-order valence-corrected chi connectivity index (χ1v) is 12.0. The Morgan fingerprint density at radius 2 is 1.78 bits per heavy atom. The molecule has 0 aliphatic rings. The molecule has 4 rings (SSSR count). The predicted octanol–water partition coefficient (Wildman–Crippen LogP) is 6.30. The second-order valence-corrected chi connectivity index (χ2v) is 9.71. The van der Waals surface area contributed by atoms with Gasteiger partial charge in [-0.05, 0) is 49.7 Å². The molecule has 5 nitrogen and oxygen atoms in total. The summed E-state index contributed by atoms with van der Waals surface area (Å²) in [4.78, 5) is 13.5. The molecule has 32 heavy (non-hydrogen) atoms. The number of furan rings is 1. The molecule has 0 radical (unpaired) electrons. The van der Waals surface area contributed by atoms with Gasteiger partial charge in [0.15, 0.2) is 5.78 Å². The molecule has 1 aromatic heterocycles. The van der Waals surface area contributed by atoms with Crippen LogP contribution in [0, 0.1) is 13.8 Å². The van der Waals surface area contributed by atoms with Crippen molar-refractivity contribution in [2.45, 2.75) is 32.1 Å². The van der Waals surface area contributed by atoms with Crippen LogP contribution in [-0.4, -0.2) is 14.2 Å². The molecular formula is C25H22ClNO4S. The second-order valence-electron chi connectivity index (χ2n) is 7.65. The summed E-state index contributed by atoms with van der Waals surface area (Å²) in [6.45, 7) is 5.57. The molecule has 0 saturated carbocycles. The van der Waals surface area contributed by atoms with E-state index in [1.54, 1.807) is 19.1 Å². The lowest BCUT2D eigenvalue weighted by molar-refractivity contribution is 0.103. The number of para-hydroxylation sites is 1. The number of benzene rings is 3. The highest BCUT2D eigenvalue weighted by Crippen LogP contribution is 2.32. The van der Waals surface area contributed by atoms with Crippen molar-refractivity contribution in [2.24, 2.45) is 0 Å². The highest BCUT2D eigenvalue weighted by molar-refractivity contribution is 7.92. The third-order valence-corrected chi connectivity index (χ3v) is 7.16. The van der Waals surface area contributed by atoms with Crippen LogP contribution in [0.15, 0.2) is 70.0 Å². The van der Waals surface area contributed by atoms with Crippen molar-refractivity contribution in [3.63, 3.8) is 0 Å². The number of carbonyl (C=O) groups excluding carboxylic acids is 1. The molecule has 0 saturated heterocycles. The van der Waals surface area contributed by atoms with Gasteiger partial charge < -0.3 is 4.42 Å². The van der Waals surface area contributed by atoms with E-state index in [2.05, 4.69) is 4.72 Å². The van der Waals surface area contributed by atoms with E-state index in [1.165, 1.54) is 18.2 Å². The van der Waals surface area contributed by atoms with Crippen LogP contribution >= 0.6 is 11.6 Å². The average molecular weight is 468 g/mol. The zero-order chi connectivity index (χ0) is 23.0. The number of nitrogens with one attached hydrogen (secondary N) is 1. The van der Waals surface area contributed by atoms with Gasteiger partial charge in [0, 0.05) is 17.4 Å². The summed E-state index contributed by atoms with van der Waals surface area (Å²) in [5, 5.41) is 0.883. The number of halogens is 1. The first kappa shape index (κ1) is 22.1. The van der Waals surface area contributed by atoms with E-state index in [0.29, 0.717) is 28.9 Å². The molecule has 0 spiro atoms. The normalized spacial score (nSPS) is 11.6.